The first kappa shape index (κ1) is 18.4. The van der Waals surface area contributed by atoms with Crippen LogP contribution in [0.15, 0.2) is 22.7 Å². The van der Waals surface area contributed by atoms with Crippen LogP contribution in [0, 0.1) is 5.82 Å². The third-order valence-electron chi connectivity index (χ3n) is 4.71. The van der Waals surface area contributed by atoms with E-state index in [1.807, 2.05) is 13.8 Å². The maximum atomic E-state index is 13.5. The molecule has 0 atom stereocenters. The van der Waals surface area contributed by atoms with Crippen LogP contribution >= 0.6 is 0 Å². The van der Waals surface area contributed by atoms with Crippen molar-refractivity contribution in [3.05, 3.63) is 29.7 Å². The van der Waals surface area contributed by atoms with Gasteiger partial charge in [0.2, 0.25) is 11.8 Å². The molecule has 1 fully saturated rings. The highest BCUT2D eigenvalue weighted by molar-refractivity contribution is 5.84. The number of amides is 2. The van der Waals surface area contributed by atoms with Gasteiger partial charge in [-0.05, 0) is 44.9 Å². The van der Waals surface area contributed by atoms with E-state index in [1.165, 1.54) is 12.1 Å². The average molecular weight is 361 g/mol. The number of likely N-dealkylation sites (tertiary alicyclic amines) is 1. The topological polar surface area (TPSA) is 75.4 Å². The summed E-state index contributed by atoms with van der Waals surface area (Å²) >= 11 is 0. The van der Waals surface area contributed by atoms with Gasteiger partial charge >= 0.3 is 0 Å². The van der Waals surface area contributed by atoms with Gasteiger partial charge in [0.25, 0.3) is 0 Å². The van der Waals surface area contributed by atoms with Gasteiger partial charge in [0.15, 0.2) is 5.58 Å². The van der Waals surface area contributed by atoms with Crippen LogP contribution in [0.3, 0.4) is 0 Å². The van der Waals surface area contributed by atoms with Crippen molar-refractivity contribution in [2.75, 3.05) is 13.1 Å². The molecule has 1 N–H and O–H groups in total. The number of piperidine rings is 1. The Hall–Kier alpha value is -2.44. The van der Waals surface area contributed by atoms with Gasteiger partial charge in [-0.25, -0.2) is 4.39 Å². The maximum absolute atomic E-state index is 13.5. The van der Waals surface area contributed by atoms with E-state index in [0.717, 1.165) is 18.5 Å². The summed E-state index contributed by atoms with van der Waals surface area (Å²) in [6, 6.07) is 4.47. The highest BCUT2D eigenvalue weighted by Gasteiger charge is 2.27. The summed E-state index contributed by atoms with van der Waals surface area (Å²) in [5.74, 6) is -0.265. The van der Waals surface area contributed by atoms with Gasteiger partial charge < -0.3 is 14.7 Å². The molecule has 1 aliphatic rings. The lowest BCUT2D eigenvalue weighted by Gasteiger charge is -2.31. The summed E-state index contributed by atoms with van der Waals surface area (Å²) in [6.07, 6.45) is 1.94. The Morgan fingerprint density at radius 3 is 2.73 bits per heavy atom. The first-order valence-corrected chi connectivity index (χ1v) is 9.06. The first-order valence-electron chi connectivity index (χ1n) is 9.06. The number of halogens is 1. The SMILES string of the molecule is CC(C)NC(=O)CCC(=O)N1CCC(c2noc3ccc(F)cc23)CC1. The second kappa shape index (κ2) is 7.85. The molecule has 0 spiro atoms. The molecule has 0 radical (unpaired) electrons. The van der Waals surface area contributed by atoms with Crippen molar-refractivity contribution in [2.24, 2.45) is 0 Å². The van der Waals surface area contributed by atoms with Crippen molar-refractivity contribution in [2.45, 2.75) is 51.5 Å². The van der Waals surface area contributed by atoms with Gasteiger partial charge in [-0.2, -0.15) is 0 Å². The number of hydrogen-bond acceptors (Lipinski definition) is 4. The molecule has 26 heavy (non-hydrogen) atoms. The average Bonchev–Trinajstić information content (AvgIpc) is 3.02. The number of nitrogens with one attached hydrogen (secondary N) is 1. The van der Waals surface area contributed by atoms with Crippen LogP contribution in [-0.4, -0.2) is 41.0 Å². The lowest BCUT2D eigenvalue weighted by molar-refractivity contribution is -0.134. The molecule has 2 aromatic rings. The maximum Gasteiger partial charge on any atom is 0.223 e. The molecule has 7 heteroatoms. The minimum Gasteiger partial charge on any atom is -0.356 e. The number of rotatable bonds is 5. The predicted octanol–water partition coefficient (Wildman–Crippen LogP) is 2.98. The molecule has 1 aromatic carbocycles. The Labute approximate surface area is 151 Å². The van der Waals surface area contributed by atoms with Gasteiger partial charge in [0.05, 0.1) is 5.69 Å². The van der Waals surface area contributed by atoms with Crippen molar-refractivity contribution in [1.29, 1.82) is 0 Å². The zero-order valence-electron chi connectivity index (χ0n) is 15.1. The molecule has 3 rings (SSSR count). The second-order valence-corrected chi connectivity index (χ2v) is 7.09. The normalized spacial score (nSPS) is 15.6. The number of carbonyl (C=O) groups is 2. The molecule has 0 unspecified atom stereocenters. The van der Waals surface area contributed by atoms with Crippen LogP contribution < -0.4 is 5.32 Å². The molecule has 6 nitrogen and oxygen atoms in total. The minimum atomic E-state index is -0.311. The monoisotopic (exact) mass is 361 g/mol. The van der Waals surface area contributed by atoms with Crippen molar-refractivity contribution < 1.29 is 18.5 Å². The molecule has 1 saturated heterocycles. The molecule has 0 aliphatic carbocycles. The quantitative estimate of drug-likeness (QED) is 0.888. The van der Waals surface area contributed by atoms with E-state index < -0.39 is 0 Å². The highest BCUT2D eigenvalue weighted by atomic mass is 19.1. The highest BCUT2D eigenvalue weighted by Crippen LogP contribution is 2.33. The van der Waals surface area contributed by atoms with E-state index in [9.17, 15) is 14.0 Å². The number of fused-ring (bicyclic) bond motifs is 1. The Morgan fingerprint density at radius 2 is 2.04 bits per heavy atom. The first-order chi connectivity index (χ1) is 12.4. The summed E-state index contributed by atoms with van der Waals surface area (Å²) in [7, 11) is 0. The fraction of sp³-hybridized carbons (Fsp3) is 0.526. The van der Waals surface area contributed by atoms with E-state index in [4.69, 9.17) is 4.52 Å². The van der Waals surface area contributed by atoms with Gasteiger partial charge in [-0.15, -0.1) is 0 Å². The molecule has 2 amide bonds. The van der Waals surface area contributed by atoms with Crippen molar-refractivity contribution >= 4 is 22.8 Å². The predicted molar refractivity (Wildman–Crippen MR) is 95.0 cm³/mol. The van der Waals surface area contributed by atoms with Crippen molar-refractivity contribution in [3.8, 4) is 0 Å². The Balaban J connectivity index is 1.54. The summed E-state index contributed by atoms with van der Waals surface area (Å²) < 4.78 is 18.8. The number of carbonyl (C=O) groups excluding carboxylic acids is 2. The van der Waals surface area contributed by atoms with Crippen molar-refractivity contribution in [3.63, 3.8) is 0 Å². The van der Waals surface area contributed by atoms with Gasteiger partial charge in [0.1, 0.15) is 5.82 Å². The molecule has 2 heterocycles. The summed E-state index contributed by atoms with van der Waals surface area (Å²) in [5.41, 5.74) is 1.35. The third kappa shape index (κ3) is 4.20. The molecular formula is C19H24FN3O3. The smallest absolute Gasteiger partial charge is 0.223 e. The molecule has 140 valence electrons. The van der Waals surface area contributed by atoms with Crippen molar-refractivity contribution in [1.82, 2.24) is 15.4 Å². The zero-order chi connectivity index (χ0) is 18.7. The Kier molecular flexibility index (Phi) is 5.54. The van der Waals surface area contributed by atoms with Crippen LogP contribution in [0.2, 0.25) is 0 Å². The third-order valence-corrected chi connectivity index (χ3v) is 4.71. The zero-order valence-corrected chi connectivity index (χ0v) is 15.1. The standard InChI is InChI=1S/C19H24FN3O3/c1-12(2)21-17(24)5-6-18(25)23-9-7-13(8-10-23)19-15-11-14(20)3-4-16(15)26-22-19/h3-4,11-13H,5-10H2,1-2H3,(H,21,24). The van der Waals surface area contributed by atoms with E-state index >= 15 is 0 Å². The molecule has 0 bridgehead atoms. The fourth-order valence-electron chi connectivity index (χ4n) is 3.40. The summed E-state index contributed by atoms with van der Waals surface area (Å²) in [4.78, 5) is 25.8. The van der Waals surface area contributed by atoms with E-state index in [0.29, 0.717) is 24.1 Å². The second-order valence-electron chi connectivity index (χ2n) is 7.09. The Morgan fingerprint density at radius 1 is 1.31 bits per heavy atom. The van der Waals surface area contributed by atoms with Gasteiger partial charge in [0, 0.05) is 43.3 Å². The lowest BCUT2D eigenvalue weighted by atomic mass is 9.91. The van der Waals surface area contributed by atoms with Crippen LogP contribution in [0.1, 0.15) is 51.1 Å². The van der Waals surface area contributed by atoms with Gasteiger partial charge in [-0.1, -0.05) is 5.16 Å². The minimum absolute atomic E-state index is 0.00147. The van der Waals surface area contributed by atoms with Crippen LogP contribution in [0.4, 0.5) is 4.39 Å². The molecule has 1 aliphatic heterocycles. The molecule has 1 aromatic heterocycles. The van der Waals surface area contributed by atoms with E-state index in [1.54, 1.807) is 11.0 Å². The van der Waals surface area contributed by atoms with Crippen LogP contribution in [-0.2, 0) is 9.59 Å². The van der Waals surface area contributed by atoms with Crippen LogP contribution in [0.5, 0.6) is 0 Å². The van der Waals surface area contributed by atoms with Gasteiger partial charge in [-0.3, -0.25) is 9.59 Å². The number of benzene rings is 1. The van der Waals surface area contributed by atoms with E-state index in [-0.39, 0.29) is 42.4 Å². The molecule has 0 saturated carbocycles. The number of aromatic nitrogens is 1. The number of nitrogens with zero attached hydrogens (tertiary/aromatic N) is 2. The Bertz CT molecular complexity index is 794. The van der Waals surface area contributed by atoms with Crippen LogP contribution in [0.25, 0.3) is 11.0 Å². The fourth-order valence-corrected chi connectivity index (χ4v) is 3.40. The van der Waals surface area contributed by atoms with E-state index in [2.05, 4.69) is 10.5 Å². The number of hydrogen-bond donors (Lipinski definition) is 1. The largest absolute Gasteiger partial charge is 0.356 e. The summed E-state index contributed by atoms with van der Waals surface area (Å²) in [6.45, 7) is 5.01. The lowest BCUT2D eigenvalue weighted by Crippen LogP contribution is -2.39. The summed E-state index contributed by atoms with van der Waals surface area (Å²) in [5, 5.41) is 7.62. The molecular weight excluding hydrogens is 337 g/mol.